The molecule has 3 aliphatic rings. The maximum Gasteiger partial charge on any atom is 0.0947 e. The summed E-state index contributed by atoms with van der Waals surface area (Å²) in [6.45, 7) is 16.3. The molecule has 2 bridgehead atoms. The Labute approximate surface area is 126 Å². The van der Waals surface area contributed by atoms with E-state index in [1.807, 2.05) is 7.11 Å². The molecule has 0 aromatic rings. The first-order valence-corrected chi connectivity index (χ1v) is 9.54. The Balaban J connectivity index is 2.17. The largest absolute Gasteiger partial charge is 0.375 e. The molecule has 3 rings (SSSR count). The van der Waals surface area contributed by atoms with Crippen molar-refractivity contribution in [2.75, 3.05) is 7.11 Å². The van der Waals surface area contributed by atoms with Gasteiger partial charge in [-0.2, -0.15) is 0 Å². The van der Waals surface area contributed by atoms with Crippen molar-refractivity contribution in [3.05, 3.63) is 0 Å². The van der Waals surface area contributed by atoms with Crippen LogP contribution in [0.4, 0.5) is 0 Å². The number of ether oxygens (including phenoxy) is 1. The van der Waals surface area contributed by atoms with E-state index in [1.54, 1.807) is 0 Å². The highest BCUT2D eigenvalue weighted by Gasteiger charge is 2.64. The standard InChI is InChI=1S/C17H33O2P/c1-11(2)20(12(3)4)19-15-10-13-9-14(16(13,5)6)17(15,7)18-8/h11-15H,9-10H2,1-8H3/t13-,14-,15+,17-/m1/s1. The van der Waals surface area contributed by atoms with Gasteiger partial charge >= 0.3 is 0 Å². The predicted octanol–water partition coefficient (Wildman–Crippen LogP) is 5.06. The molecule has 0 aliphatic heterocycles. The van der Waals surface area contributed by atoms with Crippen molar-refractivity contribution in [1.82, 2.24) is 0 Å². The van der Waals surface area contributed by atoms with Gasteiger partial charge < -0.3 is 9.26 Å². The van der Waals surface area contributed by atoms with Gasteiger partial charge in [0.05, 0.1) is 11.7 Å². The second kappa shape index (κ2) is 5.52. The van der Waals surface area contributed by atoms with Gasteiger partial charge in [-0.15, -0.1) is 0 Å². The van der Waals surface area contributed by atoms with Crippen molar-refractivity contribution >= 4 is 8.15 Å². The molecule has 3 saturated carbocycles. The molecular formula is C17H33O2P. The SMILES string of the molecule is CO[C@@]1(C)[C@@H](OP(C(C)C)C(C)C)C[C@H]2C[C@@H]1C2(C)C. The van der Waals surface area contributed by atoms with Gasteiger partial charge in [-0.1, -0.05) is 41.5 Å². The minimum atomic E-state index is -0.375. The van der Waals surface area contributed by atoms with Crippen LogP contribution in [-0.2, 0) is 9.26 Å². The van der Waals surface area contributed by atoms with E-state index in [9.17, 15) is 0 Å². The quantitative estimate of drug-likeness (QED) is 0.661. The lowest BCUT2D eigenvalue weighted by molar-refractivity contribution is -0.248. The molecule has 3 fully saturated rings. The van der Waals surface area contributed by atoms with Gasteiger partial charge in [0, 0.05) is 15.3 Å². The minimum Gasteiger partial charge on any atom is -0.375 e. The summed E-state index contributed by atoms with van der Waals surface area (Å²) in [5.41, 5.74) is 1.56. The van der Waals surface area contributed by atoms with Gasteiger partial charge in [-0.3, -0.25) is 0 Å². The molecule has 2 nitrogen and oxygen atoms in total. The van der Waals surface area contributed by atoms with Gasteiger partial charge in [-0.25, -0.2) is 0 Å². The van der Waals surface area contributed by atoms with Crippen LogP contribution in [0, 0.1) is 17.3 Å². The van der Waals surface area contributed by atoms with E-state index in [0.717, 1.165) is 5.92 Å². The average molecular weight is 300 g/mol. The zero-order valence-corrected chi connectivity index (χ0v) is 15.5. The molecular weight excluding hydrogens is 267 g/mol. The first-order valence-electron chi connectivity index (χ1n) is 8.14. The fourth-order valence-electron chi connectivity index (χ4n) is 4.51. The van der Waals surface area contributed by atoms with Crippen LogP contribution < -0.4 is 0 Å². The molecule has 0 aromatic heterocycles. The molecule has 0 spiro atoms. The summed E-state index contributed by atoms with van der Waals surface area (Å²) in [4.78, 5) is 0. The summed E-state index contributed by atoms with van der Waals surface area (Å²) in [6, 6.07) is 0. The van der Waals surface area contributed by atoms with Crippen LogP contribution in [0.3, 0.4) is 0 Å². The molecule has 0 unspecified atom stereocenters. The van der Waals surface area contributed by atoms with E-state index < -0.39 is 0 Å². The zero-order valence-electron chi connectivity index (χ0n) is 14.6. The van der Waals surface area contributed by atoms with Gasteiger partial charge in [0.25, 0.3) is 0 Å². The predicted molar refractivity (Wildman–Crippen MR) is 87.5 cm³/mol. The molecule has 20 heavy (non-hydrogen) atoms. The third-order valence-corrected chi connectivity index (χ3v) is 8.54. The fraction of sp³-hybridized carbons (Fsp3) is 1.00. The Kier molecular flexibility index (Phi) is 4.62. The third-order valence-electron chi connectivity index (χ3n) is 6.01. The van der Waals surface area contributed by atoms with Crippen molar-refractivity contribution in [2.24, 2.45) is 17.3 Å². The van der Waals surface area contributed by atoms with Crippen LogP contribution in [0.5, 0.6) is 0 Å². The summed E-state index contributed by atoms with van der Waals surface area (Å²) in [5.74, 6) is 1.46. The molecule has 0 radical (unpaired) electrons. The van der Waals surface area contributed by atoms with E-state index in [-0.39, 0.29) is 19.9 Å². The van der Waals surface area contributed by atoms with Crippen LogP contribution >= 0.6 is 8.15 Å². The van der Waals surface area contributed by atoms with E-state index in [2.05, 4.69) is 48.5 Å². The van der Waals surface area contributed by atoms with Gasteiger partial charge in [-0.05, 0) is 48.3 Å². The maximum absolute atomic E-state index is 6.65. The molecule has 0 N–H and O–H groups in total. The molecule has 0 heterocycles. The highest BCUT2D eigenvalue weighted by Crippen LogP contribution is 2.66. The van der Waals surface area contributed by atoms with Gasteiger partial charge in [0.1, 0.15) is 0 Å². The zero-order chi connectivity index (χ0) is 15.3. The number of methoxy groups -OCH3 is 1. The molecule has 118 valence electrons. The minimum absolute atomic E-state index is 0.109. The van der Waals surface area contributed by atoms with E-state index >= 15 is 0 Å². The van der Waals surface area contributed by atoms with E-state index in [0.29, 0.717) is 22.7 Å². The number of hydrogen-bond acceptors (Lipinski definition) is 2. The summed E-state index contributed by atoms with van der Waals surface area (Å²) in [7, 11) is 1.50. The lowest BCUT2D eigenvalue weighted by Crippen LogP contribution is -2.67. The lowest BCUT2D eigenvalue weighted by Gasteiger charge is -2.66. The van der Waals surface area contributed by atoms with Crippen molar-refractivity contribution in [2.45, 2.75) is 84.3 Å². The first kappa shape index (κ1) is 16.7. The Morgan fingerprint density at radius 3 is 1.95 bits per heavy atom. The number of rotatable bonds is 5. The lowest BCUT2D eigenvalue weighted by atomic mass is 9.43. The Hall–Kier alpha value is 0.350. The molecule has 3 heteroatoms. The van der Waals surface area contributed by atoms with Crippen LogP contribution in [0.15, 0.2) is 0 Å². The smallest absolute Gasteiger partial charge is 0.0947 e. The van der Waals surface area contributed by atoms with Crippen molar-refractivity contribution in [3.63, 3.8) is 0 Å². The highest BCUT2D eigenvalue weighted by atomic mass is 31.1. The average Bonchev–Trinajstić information content (AvgIpc) is 2.35. The maximum atomic E-state index is 6.65. The molecule has 0 aromatic carbocycles. The van der Waals surface area contributed by atoms with Crippen LogP contribution in [0.1, 0.15) is 61.3 Å². The van der Waals surface area contributed by atoms with E-state index in [1.165, 1.54) is 12.8 Å². The van der Waals surface area contributed by atoms with E-state index in [4.69, 9.17) is 9.26 Å². The fourth-order valence-corrected chi connectivity index (χ4v) is 6.78. The first-order chi connectivity index (χ1) is 9.14. The summed E-state index contributed by atoms with van der Waals surface area (Å²) in [5, 5.41) is 0. The van der Waals surface area contributed by atoms with Crippen molar-refractivity contribution < 1.29 is 9.26 Å². The second-order valence-corrected chi connectivity index (χ2v) is 11.1. The van der Waals surface area contributed by atoms with Crippen LogP contribution in [0.25, 0.3) is 0 Å². The second-order valence-electron chi connectivity index (χ2n) is 8.07. The number of hydrogen-bond donors (Lipinski definition) is 0. The Bertz CT molecular complexity index is 345. The summed E-state index contributed by atoms with van der Waals surface area (Å²) >= 11 is 0. The molecule has 0 amide bonds. The van der Waals surface area contributed by atoms with Crippen LogP contribution in [0.2, 0.25) is 0 Å². The number of fused-ring (bicyclic) bond motifs is 2. The monoisotopic (exact) mass is 300 g/mol. The van der Waals surface area contributed by atoms with Crippen molar-refractivity contribution in [3.8, 4) is 0 Å². The van der Waals surface area contributed by atoms with Gasteiger partial charge in [0.2, 0.25) is 0 Å². The Morgan fingerprint density at radius 1 is 1.00 bits per heavy atom. The topological polar surface area (TPSA) is 18.5 Å². The van der Waals surface area contributed by atoms with Crippen molar-refractivity contribution in [1.29, 1.82) is 0 Å². The third kappa shape index (κ3) is 2.46. The Morgan fingerprint density at radius 2 is 1.55 bits per heavy atom. The molecule has 4 atom stereocenters. The molecule has 3 aliphatic carbocycles. The normalized spacial score (nSPS) is 39.5. The summed E-state index contributed by atoms with van der Waals surface area (Å²) in [6.07, 6.45) is 2.77. The summed E-state index contributed by atoms with van der Waals surface area (Å²) < 4.78 is 12.7. The van der Waals surface area contributed by atoms with Gasteiger partial charge in [0.15, 0.2) is 0 Å². The van der Waals surface area contributed by atoms with Crippen LogP contribution in [-0.4, -0.2) is 30.1 Å². The molecule has 0 saturated heterocycles. The highest BCUT2D eigenvalue weighted by molar-refractivity contribution is 7.54.